The number of ether oxygens (including phenoxy) is 1. The van der Waals surface area contributed by atoms with Gasteiger partial charge in [-0.2, -0.15) is 0 Å². The van der Waals surface area contributed by atoms with Gasteiger partial charge in [0, 0.05) is 19.6 Å². The Morgan fingerprint density at radius 1 is 1.35 bits per heavy atom. The lowest BCUT2D eigenvalue weighted by Gasteiger charge is -2.26. The van der Waals surface area contributed by atoms with Gasteiger partial charge < -0.3 is 15.0 Å². The predicted octanol–water partition coefficient (Wildman–Crippen LogP) is 1.94. The third-order valence-corrected chi connectivity index (χ3v) is 3.44. The first-order valence-electron chi connectivity index (χ1n) is 7.04. The number of carbonyl (C=O) groups excluding carboxylic acids is 1. The van der Waals surface area contributed by atoms with E-state index in [1.165, 1.54) is 12.5 Å². The van der Waals surface area contributed by atoms with Gasteiger partial charge in [-0.05, 0) is 44.0 Å². The van der Waals surface area contributed by atoms with E-state index in [4.69, 9.17) is 4.74 Å². The summed E-state index contributed by atoms with van der Waals surface area (Å²) < 4.78 is 19.1. The van der Waals surface area contributed by atoms with Gasteiger partial charge >= 0.3 is 0 Å². The van der Waals surface area contributed by atoms with Crippen molar-refractivity contribution in [1.29, 1.82) is 0 Å². The molecular weight excluding hydrogens is 259 g/mol. The van der Waals surface area contributed by atoms with Crippen LogP contribution in [-0.4, -0.2) is 37.6 Å². The number of hydrogen-bond donors (Lipinski definition) is 1. The van der Waals surface area contributed by atoms with Crippen LogP contribution in [0.15, 0.2) is 18.2 Å². The molecule has 5 heteroatoms. The van der Waals surface area contributed by atoms with Gasteiger partial charge in [-0.3, -0.25) is 4.79 Å². The number of benzene rings is 1. The minimum Gasteiger partial charge on any atom is -0.481 e. The number of likely N-dealkylation sites (tertiary alicyclic amines) is 1. The van der Waals surface area contributed by atoms with Crippen molar-refractivity contribution in [3.63, 3.8) is 0 Å². The minimum absolute atomic E-state index is 0.0663. The fourth-order valence-electron chi connectivity index (χ4n) is 2.35. The van der Waals surface area contributed by atoms with Crippen LogP contribution in [-0.2, 0) is 11.3 Å². The van der Waals surface area contributed by atoms with Crippen molar-refractivity contribution in [3.8, 4) is 5.75 Å². The monoisotopic (exact) mass is 280 g/mol. The summed E-state index contributed by atoms with van der Waals surface area (Å²) in [5.41, 5.74) is 0.847. The second-order valence-corrected chi connectivity index (χ2v) is 5.03. The molecule has 0 unspecified atom stereocenters. The zero-order chi connectivity index (χ0) is 14.4. The van der Waals surface area contributed by atoms with Crippen molar-refractivity contribution in [2.24, 2.45) is 0 Å². The van der Waals surface area contributed by atoms with E-state index < -0.39 is 5.82 Å². The number of halogens is 1. The molecule has 20 heavy (non-hydrogen) atoms. The third-order valence-electron chi connectivity index (χ3n) is 3.44. The van der Waals surface area contributed by atoms with E-state index in [1.807, 2.05) is 0 Å². The molecule has 0 spiro atoms. The highest BCUT2D eigenvalue weighted by atomic mass is 19.1. The molecule has 0 aromatic heterocycles. The molecule has 0 aliphatic carbocycles. The first kappa shape index (κ1) is 14.8. The van der Waals surface area contributed by atoms with Gasteiger partial charge in [-0.25, -0.2) is 4.39 Å². The molecule has 0 bridgehead atoms. The summed E-state index contributed by atoms with van der Waals surface area (Å²) in [7, 11) is 1.81. The molecule has 0 atom stereocenters. The Labute approximate surface area is 118 Å². The van der Waals surface area contributed by atoms with Gasteiger partial charge in [0.1, 0.15) is 0 Å². The van der Waals surface area contributed by atoms with Crippen molar-refractivity contribution in [3.05, 3.63) is 29.6 Å². The van der Waals surface area contributed by atoms with Crippen LogP contribution in [0.5, 0.6) is 5.75 Å². The van der Waals surface area contributed by atoms with Gasteiger partial charge in [-0.15, -0.1) is 0 Å². The molecule has 1 aliphatic heterocycles. The third kappa shape index (κ3) is 3.93. The first-order chi connectivity index (χ1) is 9.70. The highest BCUT2D eigenvalue weighted by Crippen LogP contribution is 2.18. The maximum absolute atomic E-state index is 13.8. The van der Waals surface area contributed by atoms with Crippen molar-refractivity contribution in [2.75, 3.05) is 26.7 Å². The summed E-state index contributed by atoms with van der Waals surface area (Å²) in [6.45, 7) is 2.07. The largest absolute Gasteiger partial charge is 0.481 e. The maximum Gasteiger partial charge on any atom is 0.260 e. The average Bonchev–Trinajstić information content (AvgIpc) is 2.47. The number of nitrogens with one attached hydrogen (secondary N) is 1. The fraction of sp³-hybridized carbons (Fsp3) is 0.533. The molecule has 110 valence electrons. The fourth-order valence-corrected chi connectivity index (χ4v) is 2.35. The van der Waals surface area contributed by atoms with E-state index in [-0.39, 0.29) is 18.3 Å². The highest BCUT2D eigenvalue weighted by molar-refractivity contribution is 5.77. The highest BCUT2D eigenvalue weighted by Gasteiger charge is 2.17. The minimum atomic E-state index is -0.427. The molecule has 4 nitrogen and oxygen atoms in total. The Morgan fingerprint density at radius 2 is 2.10 bits per heavy atom. The Bertz CT molecular complexity index is 459. The SMILES string of the molecule is CNCc1ccc(OCC(=O)N2CCCCC2)c(F)c1. The van der Waals surface area contributed by atoms with Crippen molar-refractivity contribution >= 4 is 5.91 Å². The zero-order valence-corrected chi connectivity index (χ0v) is 11.8. The number of piperidine rings is 1. The number of amides is 1. The van der Waals surface area contributed by atoms with Crippen LogP contribution >= 0.6 is 0 Å². The molecule has 0 saturated carbocycles. The lowest BCUT2D eigenvalue weighted by atomic mass is 10.1. The van der Waals surface area contributed by atoms with Crippen LogP contribution in [0.2, 0.25) is 0 Å². The number of carbonyl (C=O) groups is 1. The van der Waals surface area contributed by atoms with E-state index in [0.29, 0.717) is 6.54 Å². The molecule has 1 aromatic rings. The van der Waals surface area contributed by atoms with Gasteiger partial charge in [0.05, 0.1) is 0 Å². The van der Waals surface area contributed by atoms with Crippen LogP contribution in [0.25, 0.3) is 0 Å². The molecule has 1 N–H and O–H groups in total. The molecule has 1 saturated heterocycles. The lowest BCUT2D eigenvalue weighted by molar-refractivity contribution is -0.134. The molecular formula is C15H21FN2O2. The van der Waals surface area contributed by atoms with Crippen LogP contribution in [0.1, 0.15) is 24.8 Å². The summed E-state index contributed by atoms with van der Waals surface area (Å²) >= 11 is 0. The molecule has 0 radical (unpaired) electrons. The van der Waals surface area contributed by atoms with E-state index in [2.05, 4.69) is 5.32 Å². The Hall–Kier alpha value is -1.62. The molecule has 1 heterocycles. The predicted molar refractivity (Wildman–Crippen MR) is 75.1 cm³/mol. The molecule has 1 aliphatic rings. The van der Waals surface area contributed by atoms with Gasteiger partial charge in [0.2, 0.25) is 0 Å². The number of nitrogens with zero attached hydrogens (tertiary/aromatic N) is 1. The quantitative estimate of drug-likeness (QED) is 0.896. The summed E-state index contributed by atoms with van der Waals surface area (Å²) in [6, 6.07) is 4.79. The zero-order valence-electron chi connectivity index (χ0n) is 11.8. The van der Waals surface area contributed by atoms with Crippen molar-refractivity contribution < 1.29 is 13.9 Å². The second kappa shape index (κ2) is 7.24. The first-order valence-corrected chi connectivity index (χ1v) is 7.04. The van der Waals surface area contributed by atoms with E-state index in [0.717, 1.165) is 31.5 Å². The van der Waals surface area contributed by atoms with Crippen LogP contribution in [0, 0.1) is 5.82 Å². The summed E-state index contributed by atoms with van der Waals surface area (Å²) in [5.74, 6) is -0.359. The number of rotatable bonds is 5. The Balaban J connectivity index is 1.88. The average molecular weight is 280 g/mol. The van der Waals surface area contributed by atoms with E-state index >= 15 is 0 Å². The smallest absolute Gasteiger partial charge is 0.260 e. The molecule has 2 rings (SSSR count). The summed E-state index contributed by atoms with van der Waals surface area (Å²) in [6.07, 6.45) is 3.25. The van der Waals surface area contributed by atoms with Crippen LogP contribution in [0.3, 0.4) is 0 Å². The maximum atomic E-state index is 13.8. The van der Waals surface area contributed by atoms with Crippen LogP contribution < -0.4 is 10.1 Å². The van der Waals surface area contributed by atoms with Crippen LogP contribution in [0.4, 0.5) is 4.39 Å². The van der Waals surface area contributed by atoms with Crippen molar-refractivity contribution in [2.45, 2.75) is 25.8 Å². The lowest BCUT2D eigenvalue weighted by Crippen LogP contribution is -2.38. The summed E-state index contributed by atoms with van der Waals surface area (Å²) in [5, 5.41) is 2.96. The van der Waals surface area contributed by atoms with Gasteiger partial charge in [0.15, 0.2) is 18.2 Å². The normalized spacial score (nSPS) is 15.2. The standard InChI is InChI=1S/C15H21FN2O2/c1-17-10-12-5-6-14(13(16)9-12)20-11-15(19)18-7-3-2-4-8-18/h5-6,9,17H,2-4,7-8,10-11H2,1H3. The van der Waals surface area contributed by atoms with E-state index in [9.17, 15) is 9.18 Å². The molecule has 1 amide bonds. The molecule has 1 aromatic carbocycles. The topological polar surface area (TPSA) is 41.6 Å². The Kier molecular flexibility index (Phi) is 5.35. The second-order valence-electron chi connectivity index (χ2n) is 5.03. The number of hydrogen-bond acceptors (Lipinski definition) is 3. The van der Waals surface area contributed by atoms with Gasteiger partial charge in [0.25, 0.3) is 5.91 Å². The molecule has 1 fully saturated rings. The Morgan fingerprint density at radius 3 is 2.75 bits per heavy atom. The van der Waals surface area contributed by atoms with E-state index in [1.54, 1.807) is 24.1 Å². The van der Waals surface area contributed by atoms with Crippen molar-refractivity contribution in [1.82, 2.24) is 10.2 Å². The van der Waals surface area contributed by atoms with Gasteiger partial charge in [-0.1, -0.05) is 6.07 Å². The summed E-state index contributed by atoms with van der Waals surface area (Å²) in [4.78, 5) is 13.7.